The Morgan fingerprint density at radius 3 is 3.10 bits per heavy atom. The van der Waals surface area contributed by atoms with Gasteiger partial charge >= 0.3 is 0 Å². The molecule has 2 amide bonds. The Balaban J connectivity index is 1.78. The van der Waals surface area contributed by atoms with Crippen LogP contribution < -0.4 is 5.32 Å². The Bertz CT molecular complexity index is 466. The smallest absolute Gasteiger partial charge is 0.271 e. The number of methoxy groups -OCH3 is 1. The van der Waals surface area contributed by atoms with Crippen LogP contribution in [0.1, 0.15) is 16.9 Å². The Labute approximate surface area is 117 Å². The fourth-order valence-corrected chi connectivity index (χ4v) is 2.15. The zero-order valence-corrected chi connectivity index (χ0v) is 11.4. The molecule has 0 spiro atoms. The van der Waals surface area contributed by atoms with Gasteiger partial charge in [0, 0.05) is 51.5 Å². The van der Waals surface area contributed by atoms with E-state index < -0.39 is 0 Å². The van der Waals surface area contributed by atoms with Gasteiger partial charge in [0.25, 0.3) is 5.91 Å². The monoisotopic (exact) mass is 278 g/mol. The number of aromatic nitrogens is 2. The Morgan fingerprint density at radius 2 is 2.40 bits per heavy atom. The summed E-state index contributed by atoms with van der Waals surface area (Å²) >= 11 is 0. The molecule has 0 unspecified atom stereocenters. The lowest BCUT2D eigenvalue weighted by Gasteiger charge is -2.16. The van der Waals surface area contributed by atoms with Gasteiger partial charge in [-0.2, -0.15) is 0 Å². The van der Waals surface area contributed by atoms with Crippen molar-refractivity contribution in [1.29, 1.82) is 0 Å². The normalized spacial score (nSPS) is 18.4. The topological polar surface area (TPSA) is 84.4 Å². The van der Waals surface area contributed by atoms with E-state index in [0.717, 1.165) is 0 Å². The Morgan fingerprint density at radius 1 is 1.55 bits per heavy atom. The molecule has 1 aliphatic heterocycles. The maximum atomic E-state index is 11.8. The first kappa shape index (κ1) is 14.4. The van der Waals surface area contributed by atoms with Gasteiger partial charge in [-0.05, 0) is 0 Å². The lowest BCUT2D eigenvalue weighted by molar-refractivity contribution is -0.128. The molecule has 1 aromatic rings. The summed E-state index contributed by atoms with van der Waals surface area (Å²) in [4.78, 5) is 33.1. The molecule has 7 nitrogen and oxygen atoms in total. The minimum Gasteiger partial charge on any atom is -0.383 e. The summed E-state index contributed by atoms with van der Waals surface area (Å²) in [5.41, 5.74) is 0.285. The molecule has 2 rings (SSSR count). The zero-order valence-electron chi connectivity index (χ0n) is 11.4. The molecule has 0 aromatic carbocycles. The molecule has 1 N–H and O–H groups in total. The van der Waals surface area contributed by atoms with Crippen molar-refractivity contribution in [3.8, 4) is 0 Å². The highest BCUT2D eigenvalue weighted by molar-refractivity contribution is 5.91. The van der Waals surface area contributed by atoms with Crippen molar-refractivity contribution in [2.45, 2.75) is 6.42 Å². The van der Waals surface area contributed by atoms with Crippen molar-refractivity contribution < 1.29 is 14.3 Å². The first-order valence-corrected chi connectivity index (χ1v) is 6.51. The van der Waals surface area contributed by atoms with Crippen molar-refractivity contribution in [2.75, 3.05) is 33.4 Å². The second-order valence-corrected chi connectivity index (χ2v) is 4.70. The molecule has 1 aromatic heterocycles. The number of rotatable bonds is 6. The third-order valence-electron chi connectivity index (χ3n) is 3.21. The van der Waals surface area contributed by atoms with Crippen LogP contribution in [0.4, 0.5) is 0 Å². The van der Waals surface area contributed by atoms with Gasteiger partial charge in [0.05, 0.1) is 12.8 Å². The van der Waals surface area contributed by atoms with Gasteiger partial charge in [0.15, 0.2) is 0 Å². The third-order valence-corrected chi connectivity index (χ3v) is 3.21. The lowest BCUT2D eigenvalue weighted by atomic mass is 10.1. The molecule has 1 atom stereocenters. The molecule has 0 radical (unpaired) electrons. The Hall–Kier alpha value is -2.02. The van der Waals surface area contributed by atoms with Gasteiger partial charge in [-0.15, -0.1) is 0 Å². The van der Waals surface area contributed by atoms with Crippen LogP contribution in [-0.4, -0.2) is 60.0 Å². The van der Waals surface area contributed by atoms with E-state index in [1.54, 1.807) is 12.0 Å². The van der Waals surface area contributed by atoms with E-state index in [4.69, 9.17) is 4.74 Å². The molecule has 0 aliphatic carbocycles. The van der Waals surface area contributed by atoms with Crippen LogP contribution >= 0.6 is 0 Å². The molecule has 108 valence electrons. The summed E-state index contributed by atoms with van der Waals surface area (Å²) < 4.78 is 4.96. The van der Waals surface area contributed by atoms with Crippen LogP contribution in [0, 0.1) is 5.92 Å². The number of carbonyl (C=O) groups excluding carboxylic acids is 2. The first-order valence-electron chi connectivity index (χ1n) is 6.51. The fraction of sp³-hybridized carbons (Fsp3) is 0.538. The molecule has 0 saturated carbocycles. The van der Waals surface area contributed by atoms with Crippen LogP contribution in [0.2, 0.25) is 0 Å². The Kier molecular flexibility index (Phi) is 5.00. The van der Waals surface area contributed by atoms with Crippen molar-refractivity contribution in [1.82, 2.24) is 20.2 Å². The number of carbonyl (C=O) groups is 2. The summed E-state index contributed by atoms with van der Waals surface area (Å²) in [6, 6.07) is 0. The fourth-order valence-electron chi connectivity index (χ4n) is 2.15. The van der Waals surface area contributed by atoms with Crippen LogP contribution in [-0.2, 0) is 9.53 Å². The number of likely N-dealkylation sites (tertiary alicyclic amines) is 1. The number of nitrogens with zero attached hydrogens (tertiary/aromatic N) is 3. The highest BCUT2D eigenvalue weighted by Gasteiger charge is 2.29. The maximum Gasteiger partial charge on any atom is 0.271 e. The minimum atomic E-state index is -0.263. The summed E-state index contributed by atoms with van der Waals surface area (Å²) in [6.45, 7) is 2.25. The molecule has 1 fully saturated rings. The number of hydrogen-bond donors (Lipinski definition) is 1. The van der Waals surface area contributed by atoms with E-state index in [1.807, 2.05) is 0 Å². The average molecular weight is 278 g/mol. The zero-order chi connectivity index (χ0) is 14.4. The largest absolute Gasteiger partial charge is 0.383 e. The van der Waals surface area contributed by atoms with Gasteiger partial charge in [-0.1, -0.05) is 0 Å². The highest BCUT2D eigenvalue weighted by Crippen LogP contribution is 2.16. The van der Waals surface area contributed by atoms with E-state index in [9.17, 15) is 9.59 Å². The molecule has 7 heteroatoms. The predicted octanol–water partition coefficient (Wildman–Crippen LogP) is -0.299. The van der Waals surface area contributed by atoms with Crippen LogP contribution in [0.15, 0.2) is 18.6 Å². The molecule has 20 heavy (non-hydrogen) atoms. The van der Waals surface area contributed by atoms with Crippen LogP contribution in [0.25, 0.3) is 0 Å². The van der Waals surface area contributed by atoms with Crippen molar-refractivity contribution in [3.63, 3.8) is 0 Å². The maximum absolute atomic E-state index is 11.8. The molecular formula is C13H18N4O3. The van der Waals surface area contributed by atoms with E-state index >= 15 is 0 Å². The van der Waals surface area contributed by atoms with Crippen molar-refractivity contribution in [3.05, 3.63) is 24.3 Å². The molecule has 1 saturated heterocycles. The number of hydrogen-bond acceptors (Lipinski definition) is 5. The molecule has 0 bridgehead atoms. The van der Waals surface area contributed by atoms with Gasteiger partial charge < -0.3 is 15.0 Å². The predicted molar refractivity (Wildman–Crippen MR) is 70.9 cm³/mol. The first-order chi connectivity index (χ1) is 9.70. The van der Waals surface area contributed by atoms with Gasteiger partial charge in [-0.25, -0.2) is 4.98 Å². The number of amides is 2. The van der Waals surface area contributed by atoms with Gasteiger partial charge in [-0.3, -0.25) is 14.6 Å². The molecular weight excluding hydrogens is 260 g/mol. The van der Waals surface area contributed by atoms with Crippen molar-refractivity contribution in [2.24, 2.45) is 5.92 Å². The van der Waals surface area contributed by atoms with Gasteiger partial charge in [0.2, 0.25) is 5.91 Å². The summed E-state index contributed by atoms with van der Waals surface area (Å²) in [7, 11) is 1.61. The van der Waals surface area contributed by atoms with Gasteiger partial charge in [0.1, 0.15) is 5.69 Å². The van der Waals surface area contributed by atoms with Crippen molar-refractivity contribution >= 4 is 11.8 Å². The number of nitrogens with one attached hydrogen (secondary N) is 1. The van der Waals surface area contributed by atoms with E-state index in [-0.39, 0.29) is 23.4 Å². The number of ether oxygens (including phenoxy) is 1. The molecule has 1 aliphatic rings. The highest BCUT2D eigenvalue weighted by atomic mass is 16.5. The van der Waals surface area contributed by atoms with E-state index in [0.29, 0.717) is 32.7 Å². The van der Waals surface area contributed by atoms with Crippen LogP contribution in [0.5, 0.6) is 0 Å². The third kappa shape index (κ3) is 3.74. The van der Waals surface area contributed by atoms with Crippen LogP contribution in [0.3, 0.4) is 0 Å². The quantitative estimate of drug-likeness (QED) is 0.772. The standard InChI is InChI=1S/C13H18N4O3/c1-20-5-4-17-9-10(6-12(17)18)7-16-13(19)11-8-14-2-3-15-11/h2-3,8,10H,4-7,9H2,1H3,(H,16,19)/t10-/m1/s1. The lowest BCUT2D eigenvalue weighted by Crippen LogP contribution is -2.32. The molecule has 2 heterocycles. The summed E-state index contributed by atoms with van der Waals surface area (Å²) in [6.07, 6.45) is 4.87. The van der Waals surface area contributed by atoms with E-state index in [1.165, 1.54) is 18.6 Å². The second-order valence-electron chi connectivity index (χ2n) is 4.70. The minimum absolute atomic E-state index is 0.112. The van der Waals surface area contributed by atoms with E-state index in [2.05, 4.69) is 15.3 Å². The SMILES string of the molecule is COCCN1C[C@@H](CNC(=O)c2cnccn2)CC1=O. The second kappa shape index (κ2) is 6.95. The average Bonchev–Trinajstić information content (AvgIpc) is 2.84. The summed E-state index contributed by atoms with van der Waals surface area (Å²) in [5.74, 6) is -0.0123. The summed E-state index contributed by atoms with van der Waals surface area (Å²) in [5, 5.41) is 2.79.